The summed E-state index contributed by atoms with van der Waals surface area (Å²) < 4.78 is 1.68. The van der Waals surface area contributed by atoms with E-state index in [1.165, 1.54) is 0 Å². The molecule has 1 atom stereocenters. The smallest absolute Gasteiger partial charge is 0.249 e. The Balaban J connectivity index is 1.79. The normalized spacial score (nSPS) is 17.8. The molecule has 1 aliphatic rings. The number of piperidine rings is 1. The molecule has 1 aromatic carbocycles. The van der Waals surface area contributed by atoms with Crippen LogP contribution in [0.25, 0.3) is 0 Å². The Labute approximate surface area is 140 Å². The van der Waals surface area contributed by atoms with E-state index < -0.39 is 5.91 Å². The zero-order valence-corrected chi connectivity index (χ0v) is 13.8. The molecule has 3 rings (SSSR count). The van der Waals surface area contributed by atoms with Crippen molar-refractivity contribution in [1.82, 2.24) is 9.78 Å². The summed E-state index contributed by atoms with van der Waals surface area (Å²) >= 11 is 0. The van der Waals surface area contributed by atoms with E-state index in [0.717, 1.165) is 29.8 Å². The van der Waals surface area contributed by atoms with Crippen molar-refractivity contribution in [3.05, 3.63) is 41.7 Å². The molecule has 7 heteroatoms. The Morgan fingerprint density at radius 2 is 2.21 bits per heavy atom. The highest BCUT2D eigenvalue weighted by Crippen LogP contribution is 2.23. The fourth-order valence-corrected chi connectivity index (χ4v) is 2.99. The molecule has 0 spiro atoms. The number of benzene rings is 1. The van der Waals surface area contributed by atoms with Crippen LogP contribution < -0.4 is 16.0 Å². The van der Waals surface area contributed by atoms with Gasteiger partial charge in [0.25, 0.3) is 0 Å². The van der Waals surface area contributed by atoms with Crippen LogP contribution in [0.2, 0.25) is 0 Å². The molecule has 0 unspecified atom stereocenters. The molecule has 1 fully saturated rings. The van der Waals surface area contributed by atoms with Gasteiger partial charge >= 0.3 is 0 Å². The Morgan fingerprint density at radius 3 is 2.88 bits per heavy atom. The van der Waals surface area contributed by atoms with Crippen molar-refractivity contribution in [3.63, 3.8) is 0 Å². The van der Waals surface area contributed by atoms with Gasteiger partial charge in [-0.15, -0.1) is 0 Å². The van der Waals surface area contributed by atoms with Gasteiger partial charge in [0.2, 0.25) is 11.8 Å². The van der Waals surface area contributed by atoms with Crippen molar-refractivity contribution >= 4 is 23.2 Å². The highest BCUT2D eigenvalue weighted by Gasteiger charge is 2.30. The molecular formula is C17H21N5O2. The molecule has 3 N–H and O–H groups in total. The second-order valence-corrected chi connectivity index (χ2v) is 6.10. The lowest BCUT2D eigenvalue weighted by Crippen LogP contribution is -2.47. The van der Waals surface area contributed by atoms with E-state index in [1.807, 2.05) is 32.3 Å². The summed E-state index contributed by atoms with van der Waals surface area (Å²) in [5, 5.41) is 7.36. The van der Waals surface area contributed by atoms with E-state index in [-0.39, 0.29) is 11.9 Å². The van der Waals surface area contributed by atoms with E-state index in [0.29, 0.717) is 12.1 Å². The molecule has 0 radical (unpaired) electrons. The highest BCUT2D eigenvalue weighted by molar-refractivity contribution is 6.00. The molecule has 1 aromatic heterocycles. The van der Waals surface area contributed by atoms with E-state index in [2.05, 4.69) is 10.4 Å². The average molecular weight is 327 g/mol. The number of hydrogen-bond donors (Lipinski definition) is 2. The minimum Gasteiger partial charge on any atom is -0.374 e. The zero-order valence-electron chi connectivity index (χ0n) is 13.8. The number of anilines is 2. The van der Waals surface area contributed by atoms with Crippen LogP contribution in [0.3, 0.4) is 0 Å². The van der Waals surface area contributed by atoms with E-state index in [1.54, 1.807) is 21.8 Å². The minimum absolute atomic E-state index is 0.00968. The number of hydrogen-bond acceptors (Lipinski definition) is 4. The number of nitrogens with zero attached hydrogens (tertiary/aromatic N) is 3. The summed E-state index contributed by atoms with van der Waals surface area (Å²) in [6.07, 6.45) is 5.16. The fraction of sp³-hybridized carbons (Fsp3) is 0.353. The average Bonchev–Trinajstić information content (AvgIpc) is 2.97. The zero-order chi connectivity index (χ0) is 17.3. The topological polar surface area (TPSA) is 93.2 Å². The molecule has 0 bridgehead atoms. The van der Waals surface area contributed by atoms with Crippen LogP contribution in [0.15, 0.2) is 30.6 Å². The fourth-order valence-electron chi connectivity index (χ4n) is 2.99. The number of primary amides is 1. The number of aryl methyl sites for hydroxylation is 2. The lowest BCUT2D eigenvalue weighted by molar-refractivity contribution is -0.120. The molecule has 0 aliphatic carbocycles. The predicted molar refractivity (Wildman–Crippen MR) is 91.9 cm³/mol. The number of carbonyl (C=O) groups excluding carboxylic acids is 2. The summed E-state index contributed by atoms with van der Waals surface area (Å²) in [4.78, 5) is 26.0. The maximum absolute atomic E-state index is 12.8. The monoisotopic (exact) mass is 327 g/mol. The Hall–Kier alpha value is -2.83. The van der Waals surface area contributed by atoms with Crippen molar-refractivity contribution < 1.29 is 9.59 Å². The third-order valence-corrected chi connectivity index (χ3v) is 4.29. The second kappa shape index (κ2) is 6.35. The molecule has 24 heavy (non-hydrogen) atoms. The summed E-state index contributed by atoms with van der Waals surface area (Å²) in [5.41, 5.74) is 8.20. The molecular weight excluding hydrogens is 306 g/mol. The standard InChI is InChI=1S/C17H21N5O2/c1-11-5-6-12(8-14(11)16(18)23)20-15-4-3-7-22(17(15)24)13-9-19-21(2)10-13/h5-6,8-10,15,20H,3-4,7H2,1-2H3,(H2,18,23)/t15-/m1/s1. The first-order chi connectivity index (χ1) is 11.5. The quantitative estimate of drug-likeness (QED) is 0.888. The lowest BCUT2D eigenvalue weighted by Gasteiger charge is -2.32. The minimum atomic E-state index is -0.469. The van der Waals surface area contributed by atoms with Gasteiger partial charge in [0.05, 0.1) is 11.9 Å². The second-order valence-electron chi connectivity index (χ2n) is 6.10. The Bertz CT molecular complexity index is 783. The first kappa shape index (κ1) is 16.0. The predicted octanol–water partition coefficient (Wildman–Crippen LogP) is 1.43. The molecule has 7 nitrogen and oxygen atoms in total. The number of amides is 2. The molecule has 0 saturated carbocycles. The van der Waals surface area contributed by atoms with Gasteiger partial charge in [-0.1, -0.05) is 6.07 Å². The van der Waals surface area contributed by atoms with Crippen LogP contribution in [0.4, 0.5) is 11.4 Å². The van der Waals surface area contributed by atoms with Crippen LogP contribution in [0.1, 0.15) is 28.8 Å². The molecule has 1 saturated heterocycles. The van der Waals surface area contributed by atoms with Gasteiger partial charge in [-0.2, -0.15) is 5.10 Å². The Kier molecular flexibility index (Phi) is 4.24. The maximum atomic E-state index is 12.8. The number of nitrogens with two attached hydrogens (primary N) is 1. The molecule has 2 heterocycles. The highest BCUT2D eigenvalue weighted by atomic mass is 16.2. The lowest BCUT2D eigenvalue weighted by atomic mass is 10.0. The first-order valence-electron chi connectivity index (χ1n) is 7.92. The van der Waals surface area contributed by atoms with Crippen molar-refractivity contribution in [2.24, 2.45) is 12.8 Å². The van der Waals surface area contributed by atoms with Crippen molar-refractivity contribution in [1.29, 1.82) is 0 Å². The number of nitrogens with one attached hydrogen (secondary N) is 1. The van der Waals surface area contributed by atoms with Crippen LogP contribution in [-0.2, 0) is 11.8 Å². The van der Waals surface area contributed by atoms with Gasteiger partial charge in [0.1, 0.15) is 6.04 Å². The van der Waals surface area contributed by atoms with Gasteiger partial charge in [0, 0.05) is 31.0 Å². The van der Waals surface area contributed by atoms with Gasteiger partial charge in [-0.25, -0.2) is 0 Å². The van der Waals surface area contributed by atoms with Crippen LogP contribution in [-0.4, -0.2) is 34.2 Å². The van der Waals surface area contributed by atoms with Crippen LogP contribution >= 0.6 is 0 Å². The first-order valence-corrected chi connectivity index (χ1v) is 7.92. The van der Waals surface area contributed by atoms with E-state index in [9.17, 15) is 9.59 Å². The van der Waals surface area contributed by atoms with Gasteiger partial charge in [-0.3, -0.25) is 14.3 Å². The maximum Gasteiger partial charge on any atom is 0.249 e. The van der Waals surface area contributed by atoms with Gasteiger partial charge < -0.3 is 16.0 Å². The molecule has 2 aromatic rings. The SMILES string of the molecule is Cc1ccc(N[C@@H]2CCCN(c3cnn(C)c3)C2=O)cc1C(N)=O. The van der Waals surface area contributed by atoms with Gasteiger partial charge in [-0.05, 0) is 37.5 Å². The molecule has 126 valence electrons. The summed E-state index contributed by atoms with van der Waals surface area (Å²) in [7, 11) is 1.82. The number of aromatic nitrogens is 2. The van der Waals surface area contributed by atoms with Crippen molar-refractivity contribution in [3.8, 4) is 0 Å². The third-order valence-electron chi connectivity index (χ3n) is 4.29. The van der Waals surface area contributed by atoms with E-state index >= 15 is 0 Å². The summed E-state index contributed by atoms with van der Waals surface area (Å²) in [6.45, 7) is 2.52. The summed E-state index contributed by atoms with van der Waals surface area (Å²) in [5.74, 6) is -0.460. The summed E-state index contributed by atoms with van der Waals surface area (Å²) in [6, 6.07) is 5.06. The van der Waals surface area contributed by atoms with Crippen LogP contribution in [0, 0.1) is 6.92 Å². The number of carbonyl (C=O) groups is 2. The van der Waals surface area contributed by atoms with Crippen molar-refractivity contribution in [2.75, 3.05) is 16.8 Å². The molecule has 2 amide bonds. The molecule has 1 aliphatic heterocycles. The Morgan fingerprint density at radius 1 is 1.42 bits per heavy atom. The van der Waals surface area contributed by atoms with Crippen LogP contribution in [0.5, 0.6) is 0 Å². The van der Waals surface area contributed by atoms with E-state index in [4.69, 9.17) is 5.73 Å². The van der Waals surface area contributed by atoms with Crippen molar-refractivity contribution in [2.45, 2.75) is 25.8 Å². The number of rotatable bonds is 4. The van der Waals surface area contributed by atoms with Gasteiger partial charge in [0.15, 0.2) is 0 Å². The third kappa shape index (κ3) is 3.10. The largest absolute Gasteiger partial charge is 0.374 e.